The minimum atomic E-state index is -3.78. The highest BCUT2D eigenvalue weighted by atomic mass is 35.5. The zero-order valence-electron chi connectivity index (χ0n) is 15.0. The van der Waals surface area contributed by atoms with Gasteiger partial charge in [0.2, 0.25) is 15.9 Å². The first-order valence-electron chi connectivity index (χ1n) is 8.06. The van der Waals surface area contributed by atoms with Crippen LogP contribution in [0.2, 0.25) is 5.02 Å². The van der Waals surface area contributed by atoms with Gasteiger partial charge >= 0.3 is 0 Å². The molecule has 0 atom stereocenters. The molecule has 6 nitrogen and oxygen atoms in total. The van der Waals surface area contributed by atoms with Gasteiger partial charge in [-0.15, -0.1) is 0 Å². The third-order valence-electron chi connectivity index (χ3n) is 3.96. The summed E-state index contributed by atoms with van der Waals surface area (Å²) < 4.78 is 27.1. The van der Waals surface area contributed by atoms with Crippen molar-refractivity contribution in [2.45, 2.75) is 18.7 Å². The maximum absolute atomic E-state index is 12.5. The number of likely N-dealkylation sites (N-methyl/N-ethyl adjacent to an activating group) is 1. The molecule has 142 valence electrons. The van der Waals surface area contributed by atoms with Crippen LogP contribution in [-0.4, -0.2) is 37.2 Å². The fourth-order valence-corrected chi connectivity index (χ4v) is 4.97. The van der Waals surface area contributed by atoms with Crippen LogP contribution in [-0.2, 0) is 14.8 Å². The Morgan fingerprint density at radius 3 is 2.56 bits per heavy atom. The lowest BCUT2D eigenvalue weighted by Gasteiger charge is -2.16. The summed E-state index contributed by atoms with van der Waals surface area (Å²) >= 11 is 7.15. The van der Waals surface area contributed by atoms with E-state index in [-0.39, 0.29) is 11.4 Å². The van der Waals surface area contributed by atoms with Gasteiger partial charge in [0.15, 0.2) is 5.13 Å². The number of thiazole rings is 1. The van der Waals surface area contributed by atoms with E-state index in [0.29, 0.717) is 10.2 Å². The highest BCUT2D eigenvalue weighted by Gasteiger charge is 2.23. The molecule has 0 fully saturated rings. The molecule has 0 aliphatic carbocycles. The van der Waals surface area contributed by atoms with Crippen molar-refractivity contribution in [2.24, 2.45) is 0 Å². The summed E-state index contributed by atoms with van der Waals surface area (Å²) in [6.07, 6.45) is 0. The van der Waals surface area contributed by atoms with Crippen LogP contribution < -0.4 is 5.32 Å². The van der Waals surface area contributed by atoms with Crippen LogP contribution in [0.3, 0.4) is 0 Å². The number of halogens is 1. The Morgan fingerprint density at radius 1 is 1.22 bits per heavy atom. The van der Waals surface area contributed by atoms with Gasteiger partial charge in [-0.3, -0.25) is 4.79 Å². The highest BCUT2D eigenvalue weighted by molar-refractivity contribution is 7.89. The van der Waals surface area contributed by atoms with E-state index in [0.717, 1.165) is 25.6 Å². The first-order chi connectivity index (χ1) is 12.7. The van der Waals surface area contributed by atoms with Crippen LogP contribution in [0.15, 0.2) is 41.3 Å². The number of carbonyl (C=O) groups is 1. The van der Waals surface area contributed by atoms with Crippen LogP contribution in [0.1, 0.15) is 11.1 Å². The number of hydrogen-bond donors (Lipinski definition) is 1. The van der Waals surface area contributed by atoms with Gasteiger partial charge in [0, 0.05) is 12.1 Å². The molecule has 9 heteroatoms. The number of nitrogens with one attached hydrogen (secondary N) is 1. The van der Waals surface area contributed by atoms with E-state index in [1.54, 1.807) is 0 Å². The Labute approximate surface area is 166 Å². The number of nitrogens with zero attached hydrogens (tertiary/aromatic N) is 2. The number of aryl methyl sites for hydroxylation is 2. The summed E-state index contributed by atoms with van der Waals surface area (Å²) in [5.74, 6) is -0.455. The number of carbonyl (C=O) groups excluding carboxylic acids is 1. The number of hydrogen-bond acceptors (Lipinski definition) is 5. The molecule has 1 aromatic heterocycles. The fraction of sp³-hybridized carbons (Fsp3) is 0.222. The molecule has 0 aliphatic rings. The number of fused-ring (bicyclic) bond motifs is 1. The SMILES string of the molecule is Cc1cc(C)c2nc(NC(=O)CN(C)S(=O)(=O)c3ccc(Cl)cc3)sc2c1. The standard InChI is InChI=1S/C18H18ClN3O3S2/c1-11-8-12(2)17-15(9-11)26-18(21-17)20-16(23)10-22(3)27(24,25)14-6-4-13(19)5-7-14/h4-9H,10H2,1-3H3,(H,20,21,23). The van der Waals surface area contributed by atoms with Crippen LogP contribution >= 0.6 is 22.9 Å². The van der Waals surface area contributed by atoms with Gasteiger partial charge in [0.05, 0.1) is 21.7 Å². The Morgan fingerprint density at radius 2 is 1.89 bits per heavy atom. The van der Waals surface area contributed by atoms with Crippen molar-refractivity contribution in [2.75, 3.05) is 18.9 Å². The van der Waals surface area contributed by atoms with E-state index in [4.69, 9.17) is 11.6 Å². The lowest BCUT2D eigenvalue weighted by molar-refractivity contribution is -0.116. The number of benzene rings is 2. The molecule has 0 radical (unpaired) electrons. The third kappa shape index (κ3) is 4.30. The van der Waals surface area contributed by atoms with Crippen molar-refractivity contribution in [3.05, 3.63) is 52.5 Å². The third-order valence-corrected chi connectivity index (χ3v) is 6.95. The van der Waals surface area contributed by atoms with Crippen LogP contribution in [0.4, 0.5) is 5.13 Å². The second-order valence-electron chi connectivity index (χ2n) is 6.21. The molecule has 0 aliphatic heterocycles. The molecule has 1 N–H and O–H groups in total. The number of anilines is 1. The van der Waals surface area contributed by atoms with E-state index in [2.05, 4.69) is 10.3 Å². The normalized spacial score (nSPS) is 11.9. The molecule has 3 aromatic rings. The fourth-order valence-electron chi connectivity index (χ4n) is 2.66. The molecule has 1 amide bonds. The van der Waals surface area contributed by atoms with Crippen molar-refractivity contribution in [3.8, 4) is 0 Å². The average molecular weight is 424 g/mol. The molecule has 0 saturated carbocycles. The van der Waals surface area contributed by atoms with Gasteiger partial charge in [-0.1, -0.05) is 29.0 Å². The maximum atomic E-state index is 12.5. The monoisotopic (exact) mass is 423 g/mol. The lowest BCUT2D eigenvalue weighted by atomic mass is 10.1. The number of rotatable bonds is 5. The highest BCUT2D eigenvalue weighted by Crippen LogP contribution is 2.29. The Hall–Kier alpha value is -2.00. The smallest absolute Gasteiger partial charge is 0.243 e. The second kappa shape index (κ2) is 7.55. The second-order valence-corrected chi connectivity index (χ2v) is 9.72. The molecule has 0 unspecified atom stereocenters. The van der Waals surface area contributed by atoms with E-state index >= 15 is 0 Å². The predicted octanol–water partition coefficient (Wildman–Crippen LogP) is 3.83. The molecule has 27 heavy (non-hydrogen) atoms. The zero-order valence-corrected chi connectivity index (χ0v) is 17.4. The predicted molar refractivity (Wildman–Crippen MR) is 109 cm³/mol. The first-order valence-corrected chi connectivity index (χ1v) is 10.7. The quantitative estimate of drug-likeness (QED) is 0.676. The van der Waals surface area contributed by atoms with E-state index in [9.17, 15) is 13.2 Å². The largest absolute Gasteiger partial charge is 0.301 e. The summed E-state index contributed by atoms with van der Waals surface area (Å²) in [7, 11) is -2.43. The molecule has 3 rings (SSSR count). The van der Waals surface area contributed by atoms with Crippen molar-refractivity contribution >= 4 is 54.2 Å². The lowest BCUT2D eigenvalue weighted by Crippen LogP contribution is -2.34. The average Bonchev–Trinajstić information content (AvgIpc) is 2.97. The van der Waals surface area contributed by atoms with Gasteiger partial charge in [-0.25, -0.2) is 13.4 Å². The van der Waals surface area contributed by atoms with Gasteiger partial charge in [0.1, 0.15) is 0 Å². The van der Waals surface area contributed by atoms with Crippen LogP contribution in [0.25, 0.3) is 10.2 Å². The van der Waals surface area contributed by atoms with E-state index in [1.807, 2.05) is 26.0 Å². The summed E-state index contributed by atoms with van der Waals surface area (Å²) in [4.78, 5) is 16.8. The minimum absolute atomic E-state index is 0.0771. The van der Waals surface area contributed by atoms with Crippen LogP contribution in [0.5, 0.6) is 0 Å². The summed E-state index contributed by atoms with van der Waals surface area (Å²) in [6, 6.07) is 9.84. The van der Waals surface area contributed by atoms with Crippen molar-refractivity contribution in [1.82, 2.24) is 9.29 Å². The van der Waals surface area contributed by atoms with E-state index in [1.165, 1.54) is 42.6 Å². The minimum Gasteiger partial charge on any atom is -0.301 e. The first kappa shape index (κ1) is 19.8. The molecule has 0 bridgehead atoms. The molecule has 1 heterocycles. The Kier molecular flexibility index (Phi) is 5.53. The van der Waals surface area contributed by atoms with Gasteiger partial charge in [-0.05, 0) is 55.3 Å². The van der Waals surface area contributed by atoms with Gasteiger partial charge in [0.25, 0.3) is 0 Å². The molecule has 2 aromatic carbocycles. The number of sulfonamides is 1. The van der Waals surface area contributed by atoms with Crippen molar-refractivity contribution < 1.29 is 13.2 Å². The molecule has 0 saturated heterocycles. The summed E-state index contributed by atoms with van der Waals surface area (Å²) in [5.41, 5.74) is 2.99. The van der Waals surface area contributed by atoms with Crippen molar-refractivity contribution in [3.63, 3.8) is 0 Å². The number of aromatic nitrogens is 1. The summed E-state index contributed by atoms with van der Waals surface area (Å²) in [6.45, 7) is 3.65. The van der Waals surface area contributed by atoms with Gasteiger partial charge < -0.3 is 5.32 Å². The maximum Gasteiger partial charge on any atom is 0.243 e. The molecular weight excluding hydrogens is 406 g/mol. The Balaban J connectivity index is 1.73. The molecular formula is C18H18ClN3O3S2. The number of amides is 1. The van der Waals surface area contributed by atoms with Gasteiger partial charge in [-0.2, -0.15) is 4.31 Å². The summed E-state index contributed by atoms with van der Waals surface area (Å²) in [5, 5.41) is 3.57. The topological polar surface area (TPSA) is 79.4 Å². The van der Waals surface area contributed by atoms with Crippen LogP contribution in [0, 0.1) is 13.8 Å². The van der Waals surface area contributed by atoms with E-state index < -0.39 is 15.9 Å². The van der Waals surface area contributed by atoms with Crippen molar-refractivity contribution in [1.29, 1.82) is 0 Å². The Bertz CT molecular complexity index is 1110. The molecule has 0 spiro atoms. The zero-order chi connectivity index (χ0) is 19.8.